The number of anilines is 1. The summed E-state index contributed by atoms with van der Waals surface area (Å²) in [6.45, 7) is 0.232. The molecular weight excluding hydrogens is 248 g/mol. The molecule has 0 aromatic heterocycles. The van der Waals surface area contributed by atoms with E-state index in [1.807, 2.05) is 6.07 Å². The summed E-state index contributed by atoms with van der Waals surface area (Å²) in [6.07, 6.45) is 0.182. The van der Waals surface area contributed by atoms with Gasteiger partial charge in [-0.1, -0.05) is 0 Å². The number of amides is 1. The van der Waals surface area contributed by atoms with Gasteiger partial charge in [0, 0.05) is 32.4 Å². The van der Waals surface area contributed by atoms with E-state index in [0.717, 1.165) is 0 Å². The highest BCUT2D eigenvalue weighted by atomic mass is 16.6. The van der Waals surface area contributed by atoms with E-state index in [-0.39, 0.29) is 24.2 Å². The summed E-state index contributed by atoms with van der Waals surface area (Å²) in [4.78, 5) is 23.8. The van der Waals surface area contributed by atoms with Crippen molar-refractivity contribution in [3.8, 4) is 6.07 Å². The minimum Gasteiger partial charge on any atom is -0.388 e. The number of nitro groups is 1. The second-order valence-electron chi connectivity index (χ2n) is 3.87. The van der Waals surface area contributed by atoms with Crippen molar-refractivity contribution in [2.75, 3.05) is 26.0 Å². The Bertz CT molecular complexity index is 536. The van der Waals surface area contributed by atoms with Crippen LogP contribution < -0.4 is 5.32 Å². The summed E-state index contributed by atoms with van der Waals surface area (Å²) in [5.74, 6) is -0.473. The number of nitro benzene ring substituents is 1. The maximum Gasteiger partial charge on any atom is 0.282 e. The molecule has 1 aromatic rings. The van der Waals surface area contributed by atoms with Crippen molar-refractivity contribution in [3.05, 3.63) is 33.9 Å². The Balaban J connectivity index is 3.12. The van der Waals surface area contributed by atoms with Gasteiger partial charge in [-0.2, -0.15) is 5.26 Å². The molecule has 0 radical (unpaired) electrons. The standard InChI is InChI=1S/C12H14N4O3/c1-14-9-4-5-11(16(18)19)10(8-9)12(17)15(2)7-3-6-13/h4-5,8,14H,3,7H2,1-2H3. The fraction of sp³-hybridized carbons (Fsp3) is 0.333. The number of nitrogens with one attached hydrogen (secondary N) is 1. The molecule has 0 unspecified atom stereocenters. The van der Waals surface area contributed by atoms with Gasteiger partial charge in [0.25, 0.3) is 11.6 Å². The molecule has 0 bridgehead atoms. The first kappa shape index (κ1) is 14.4. The van der Waals surface area contributed by atoms with E-state index < -0.39 is 10.8 Å². The lowest BCUT2D eigenvalue weighted by molar-refractivity contribution is -0.385. The molecule has 0 spiro atoms. The van der Waals surface area contributed by atoms with E-state index in [2.05, 4.69) is 5.32 Å². The Morgan fingerprint density at radius 2 is 2.26 bits per heavy atom. The lowest BCUT2D eigenvalue weighted by Gasteiger charge is -2.16. The van der Waals surface area contributed by atoms with Crippen LogP contribution in [0.25, 0.3) is 0 Å². The maximum atomic E-state index is 12.1. The van der Waals surface area contributed by atoms with E-state index in [9.17, 15) is 14.9 Å². The van der Waals surface area contributed by atoms with E-state index in [0.29, 0.717) is 5.69 Å². The van der Waals surface area contributed by atoms with Crippen molar-refractivity contribution in [3.63, 3.8) is 0 Å². The zero-order chi connectivity index (χ0) is 14.4. The number of hydrogen-bond donors (Lipinski definition) is 1. The molecule has 0 aliphatic rings. The minimum absolute atomic E-state index is 0.0114. The smallest absolute Gasteiger partial charge is 0.282 e. The second kappa shape index (κ2) is 6.35. The summed E-state index contributed by atoms with van der Waals surface area (Å²) < 4.78 is 0. The molecule has 1 rings (SSSR count). The molecule has 0 saturated carbocycles. The number of hydrogen-bond acceptors (Lipinski definition) is 5. The Hall–Kier alpha value is -2.62. The molecule has 1 amide bonds. The van der Waals surface area contributed by atoms with Gasteiger partial charge in [-0.05, 0) is 12.1 Å². The van der Waals surface area contributed by atoms with Crippen LogP contribution in [-0.2, 0) is 0 Å². The molecule has 0 aliphatic carbocycles. The quantitative estimate of drug-likeness (QED) is 0.642. The molecule has 0 aliphatic heterocycles. The van der Waals surface area contributed by atoms with Gasteiger partial charge in [-0.3, -0.25) is 14.9 Å². The number of carbonyl (C=O) groups excluding carboxylic acids is 1. The number of rotatable bonds is 5. The van der Waals surface area contributed by atoms with Crippen LogP contribution in [0.5, 0.6) is 0 Å². The van der Waals surface area contributed by atoms with E-state index in [4.69, 9.17) is 5.26 Å². The average Bonchev–Trinajstić information content (AvgIpc) is 2.42. The molecule has 0 fully saturated rings. The van der Waals surface area contributed by atoms with Gasteiger partial charge < -0.3 is 10.2 Å². The minimum atomic E-state index is -0.592. The zero-order valence-electron chi connectivity index (χ0n) is 10.7. The predicted octanol–water partition coefficient (Wildman–Crippen LogP) is 1.62. The fourth-order valence-corrected chi connectivity index (χ4v) is 1.55. The third kappa shape index (κ3) is 3.42. The first-order chi connectivity index (χ1) is 9.01. The highest BCUT2D eigenvalue weighted by molar-refractivity contribution is 5.99. The Kier molecular flexibility index (Phi) is 4.83. The van der Waals surface area contributed by atoms with Crippen LogP contribution in [-0.4, -0.2) is 36.4 Å². The van der Waals surface area contributed by atoms with Crippen molar-refractivity contribution >= 4 is 17.3 Å². The van der Waals surface area contributed by atoms with Gasteiger partial charge in [0.2, 0.25) is 0 Å². The highest BCUT2D eigenvalue weighted by Crippen LogP contribution is 2.23. The van der Waals surface area contributed by atoms with Crippen molar-refractivity contribution < 1.29 is 9.72 Å². The monoisotopic (exact) mass is 262 g/mol. The van der Waals surface area contributed by atoms with Crippen molar-refractivity contribution in [2.24, 2.45) is 0 Å². The molecule has 1 N–H and O–H groups in total. The van der Waals surface area contributed by atoms with Crippen molar-refractivity contribution in [1.82, 2.24) is 4.90 Å². The largest absolute Gasteiger partial charge is 0.388 e. The van der Waals surface area contributed by atoms with Gasteiger partial charge in [0.05, 0.1) is 17.4 Å². The summed E-state index contributed by atoms with van der Waals surface area (Å²) in [7, 11) is 3.17. The molecule has 0 heterocycles. The Morgan fingerprint density at radius 1 is 1.58 bits per heavy atom. The molecule has 0 saturated heterocycles. The number of nitrogens with zero attached hydrogens (tertiary/aromatic N) is 3. The van der Waals surface area contributed by atoms with Gasteiger partial charge in [0.1, 0.15) is 5.56 Å². The topological polar surface area (TPSA) is 99.3 Å². The molecule has 7 heteroatoms. The SMILES string of the molecule is CNc1ccc([N+](=O)[O-])c(C(=O)N(C)CCC#N)c1. The second-order valence-corrected chi connectivity index (χ2v) is 3.87. The summed E-state index contributed by atoms with van der Waals surface area (Å²) in [6, 6.07) is 6.18. The third-order valence-electron chi connectivity index (χ3n) is 2.62. The van der Waals surface area contributed by atoms with Gasteiger partial charge in [-0.25, -0.2) is 0 Å². The molecule has 7 nitrogen and oxygen atoms in total. The van der Waals surface area contributed by atoms with Crippen LogP contribution in [0.1, 0.15) is 16.8 Å². The maximum absolute atomic E-state index is 12.1. The normalized spacial score (nSPS) is 9.53. The first-order valence-electron chi connectivity index (χ1n) is 5.60. The third-order valence-corrected chi connectivity index (χ3v) is 2.62. The van der Waals surface area contributed by atoms with Crippen LogP contribution in [0.4, 0.5) is 11.4 Å². The summed E-state index contributed by atoms with van der Waals surface area (Å²) in [5, 5.41) is 22.2. The zero-order valence-corrected chi connectivity index (χ0v) is 10.7. The number of carbonyl (C=O) groups is 1. The van der Waals surface area contributed by atoms with Gasteiger partial charge >= 0.3 is 0 Å². The summed E-state index contributed by atoms with van der Waals surface area (Å²) in [5.41, 5.74) is 0.382. The van der Waals surface area contributed by atoms with Crippen LogP contribution in [0, 0.1) is 21.4 Å². The lowest BCUT2D eigenvalue weighted by atomic mass is 10.1. The van der Waals surface area contributed by atoms with Crippen LogP contribution in [0.2, 0.25) is 0 Å². The highest BCUT2D eigenvalue weighted by Gasteiger charge is 2.23. The fourth-order valence-electron chi connectivity index (χ4n) is 1.55. The van der Waals surface area contributed by atoms with Crippen molar-refractivity contribution in [2.45, 2.75) is 6.42 Å². The number of benzene rings is 1. The molecule has 100 valence electrons. The van der Waals surface area contributed by atoms with Gasteiger partial charge in [0.15, 0.2) is 0 Å². The van der Waals surface area contributed by atoms with E-state index in [1.165, 1.54) is 30.1 Å². The number of nitriles is 1. The van der Waals surface area contributed by atoms with Crippen LogP contribution in [0.15, 0.2) is 18.2 Å². The average molecular weight is 262 g/mol. The lowest BCUT2D eigenvalue weighted by Crippen LogP contribution is -2.28. The molecule has 1 aromatic carbocycles. The predicted molar refractivity (Wildman–Crippen MR) is 69.8 cm³/mol. The summed E-state index contributed by atoms with van der Waals surface area (Å²) >= 11 is 0. The molecule has 19 heavy (non-hydrogen) atoms. The van der Waals surface area contributed by atoms with Gasteiger partial charge in [-0.15, -0.1) is 0 Å². The molecular formula is C12H14N4O3. The van der Waals surface area contributed by atoms with Crippen LogP contribution >= 0.6 is 0 Å². The van der Waals surface area contributed by atoms with Crippen LogP contribution in [0.3, 0.4) is 0 Å². The Morgan fingerprint density at radius 3 is 2.79 bits per heavy atom. The Labute approximate surface area is 110 Å². The van der Waals surface area contributed by atoms with E-state index >= 15 is 0 Å². The van der Waals surface area contributed by atoms with E-state index in [1.54, 1.807) is 7.05 Å². The first-order valence-corrected chi connectivity index (χ1v) is 5.60. The molecule has 0 atom stereocenters. The van der Waals surface area contributed by atoms with Crippen molar-refractivity contribution in [1.29, 1.82) is 5.26 Å².